The van der Waals surface area contributed by atoms with Gasteiger partial charge in [-0.1, -0.05) is 17.3 Å². The summed E-state index contributed by atoms with van der Waals surface area (Å²) in [6.45, 7) is 5.70. The standard InChI is InChI=1S/C19H23N3O5S/c1-3-22(10-14-5-4-6-15-19(14)26-8-7-25-15)18(24)12-28-11-17(23)20-16-9-13(2)27-21-16/h4-6,9H,3,7-8,10-12H2,1-2H3,(H,20,21,23). The number of nitrogens with one attached hydrogen (secondary N) is 1. The first-order valence-electron chi connectivity index (χ1n) is 9.03. The van der Waals surface area contributed by atoms with Gasteiger partial charge in [-0.3, -0.25) is 9.59 Å². The minimum Gasteiger partial charge on any atom is -0.486 e. The number of benzene rings is 1. The van der Waals surface area contributed by atoms with E-state index in [1.165, 1.54) is 11.8 Å². The average Bonchev–Trinajstić information content (AvgIpc) is 3.10. The van der Waals surface area contributed by atoms with Gasteiger partial charge in [0.15, 0.2) is 17.3 Å². The first kappa shape index (κ1) is 20.1. The molecular weight excluding hydrogens is 382 g/mol. The quantitative estimate of drug-likeness (QED) is 0.721. The summed E-state index contributed by atoms with van der Waals surface area (Å²) in [6, 6.07) is 7.33. The monoisotopic (exact) mass is 405 g/mol. The van der Waals surface area contributed by atoms with Crippen LogP contribution >= 0.6 is 11.8 Å². The molecule has 1 aromatic heterocycles. The molecule has 2 amide bonds. The molecule has 0 saturated heterocycles. The normalized spacial score (nSPS) is 12.5. The summed E-state index contributed by atoms with van der Waals surface area (Å²) in [4.78, 5) is 26.2. The number of ether oxygens (including phenoxy) is 2. The van der Waals surface area contributed by atoms with E-state index in [9.17, 15) is 9.59 Å². The Kier molecular flexibility index (Phi) is 6.80. The molecule has 1 aromatic carbocycles. The number of hydrogen-bond acceptors (Lipinski definition) is 7. The Labute approximate surface area is 167 Å². The van der Waals surface area contributed by atoms with Crippen LogP contribution in [0.25, 0.3) is 0 Å². The van der Waals surface area contributed by atoms with Gasteiger partial charge in [0, 0.05) is 24.7 Å². The molecule has 0 radical (unpaired) electrons. The number of anilines is 1. The Bertz CT molecular complexity index is 839. The Hall–Kier alpha value is -2.68. The molecule has 1 aliphatic rings. The fourth-order valence-electron chi connectivity index (χ4n) is 2.77. The number of fused-ring (bicyclic) bond motifs is 1. The summed E-state index contributed by atoms with van der Waals surface area (Å²) in [5.74, 6) is 2.52. The third-order valence-electron chi connectivity index (χ3n) is 4.10. The second-order valence-corrected chi connectivity index (χ2v) is 7.20. The Morgan fingerprint density at radius 3 is 2.82 bits per heavy atom. The van der Waals surface area contributed by atoms with Crippen LogP contribution in [0.15, 0.2) is 28.8 Å². The van der Waals surface area contributed by atoms with Crippen LogP contribution in [0.3, 0.4) is 0 Å². The third kappa shape index (κ3) is 5.19. The highest BCUT2D eigenvalue weighted by atomic mass is 32.2. The van der Waals surface area contributed by atoms with Crippen molar-refractivity contribution in [3.8, 4) is 11.5 Å². The molecule has 0 saturated carbocycles. The van der Waals surface area contributed by atoms with Crippen molar-refractivity contribution >= 4 is 29.4 Å². The van der Waals surface area contributed by atoms with E-state index in [1.54, 1.807) is 17.9 Å². The molecule has 8 nitrogen and oxygen atoms in total. The largest absolute Gasteiger partial charge is 0.486 e. The van der Waals surface area contributed by atoms with Crippen molar-refractivity contribution in [3.05, 3.63) is 35.6 Å². The van der Waals surface area contributed by atoms with Crippen LogP contribution in [0.1, 0.15) is 18.2 Å². The first-order valence-corrected chi connectivity index (χ1v) is 10.2. The zero-order chi connectivity index (χ0) is 19.9. The van der Waals surface area contributed by atoms with Crippen LogP contribution in [0, 0.1) is 6.92 Å². The van der Waals surface area contributed by atoms with E-state index in [4.69, 9.17) is 14.0 Å². The summed E-state index contributed by atoms with van der Waals surface area (Å²) >= 11 is 1.26. The molecule has 0 aliphatic carbocycles. The minimum atomic E-state index is -0.225. The van der Waals surface area contributed by atoms with Crippen LogP contribution in [0.4, 0.5) is 5.82 Å². The number of nitrogens with zero attached hydrogens (tertiary/aromatic N) is 2. The van der Waals surface area contributed by atoms with Gasteiger partial charge in [-0.15, -0.1) is 11.8 Å². The van der Waals surface area contributed by atoms with Gasteiger partial charge in [0.2, 0.25) is 11.8 Å². The molecule has 0 fully saturated rings. The van der Waals surface area contributed by atoms with E-state index in [0.29, 0.717) is 49.4 Å². The molecule has 28 heavy (non-hydrogen) atoms. The number of aromatic nitrogens is 1. The van der Waals surface area contributed by atoms with Crippen LogP contribution < -0.4 is 14.8 Å². The maximum absolute atomic E-state index is 12.6. The van der Waals surface area contributed by atoms with E-state index in [1.807, 2.05) is 25.1 Å². The first-order chi connectivity index (χ1) is 13.6. The smallest absolute Gasteiger partial charge is 0.235 e. The molecule has 3 rings (SSSR count). The maximum Gasteiger partial charge on any atom is 0.235 e. The van der Waals surface area contributed by atoms with E-state index < -0.39 is 0 Å². The molecule has 2 aromatic rings. The minimum absolute atomic E-state index is 0.0353. The maximum atomic E-state index is 12.6. The van der Waals surface area contributed by atoms with Gasteiger partial charge in [-0.2, -0.15) is 0 Å². The van der Waals surface area contributed by atoms with Crippen molar-refractivity contribution in [3.63, 3.8) is 0 Å². The molecule has 0 bridgehead atoms. The van der Waals surface area contributed by atoms with Gasteiger partial charge in [0.05, 0.1) is 11.5 Å². The molecule has 0 spiro atoms. The number of rotatable bonds is 8. The zero-order valence-electron chi connectivity index (χ0n) is 15.9. The Morgan fingerprint density at radius 2 is 2.07 bits per heavy atom. The fraction of sp³-hybridized carbons (Fsp3) is 0.421. The lowest BCUT2D eigenvalue weighted by molar-refractivity contribution is -0.128. The van der Waals surface area contributed by atoms with Crippen LogP contribution in [0.5, 0.6) is 11.5 Å². The number of amides is 2. The molecule has 2 heterocycles. The third-order valence-corrected chi connectivity index (χ3v) is 5.01. The SMILES string of the molecule is CCN(Cc1cccc2c1OCCO2)C(=O)CSCC(=O)Nc1cc(C)on1. The molecular formula is C19H23N3O5S. The molecule has 150 valence electrons. The second kappa shape index (κ2) is 9.50. The summed E-state index contributed by atoms with van der Waals surface area (Å²) in [5, 5.41) is 6.34. The Balaban J connectivity index is 1.49. The van der Waals surface area contributed by atoms with Crippen molar-refractivity contribution in [2.45, 2.75) is 20.4 Å². The zero-order valence-corrected chi connectivity index (χ0v) is 16.7. The highest BCUT2D eigenvalue weighted by molar-refractivity contribution is 8.00. The molecule has 0 atom stereocenters. The van der Waals surface area contributed by atoms with Gasteiger partial charge in [0.1, 0.15) is 19.0 Å². The number of carbonyl (C=O) groups is 2. The molecule has 1 N–H and O–H groups in total. The van der Waals surface area contributed by atoms with Crippen molar-refractivity contribution in [1.29, 1.82) is 0 Å². The predicted molar refractivity (Wildman–Crippen MR) is 106 cm³/mol. The summed E-state index contributed by atoms with van der Waals surface area (Å²) in [5.41, 5.74) is 0.913. The molecule has 0 unspecified atom stereocenters. The van der Waals surface area contributed by atoms with Crippen molar-refractivity contribution in [2.24, 2.45) is 0 Å². The van der Waals surface area contributed by atoms with Gasteiger partial charge in [0.25, 0.3) is 0 Å². The van der Waals surface area contributed by atoms with Crippen molar-refractivity contribution in [2.75, 3.05) is 36.6 Å². The highest BCUT2D eigenvalue weighted by Gasteiger charge is 2.20. The van der Waals surface area contributed by atoms with Crippen molar-refractivity contribution < 1.29 is 23.6 Å². The van der Waals surface area contributed by atoms with Gasteiger partial charge < -0.3 is 24.2 Å². The lowest BCUT2D eigenvalue weighted by Gasteiger charge is -2.25. The topological polar surface area (TPSA) is 93.9 Å². The van der Waals surface area contributed by atoms with Gasteiger partial charge in [-0.05, 0) is 19.9 Å². The predicted octanol–water partition coefficient (Wildman–Crippen LogP) is 2.47. The number of hydrogen-bond donors (Lipinski definition) is 1. The fourth-order valence-corrected chi connectivity index (χ4v) is 3.48. The highest BCUT2D eigenvalue weighted by Crippen LogP contribution is 2.34. The summed E-state index contributed by atoms with van der Waals surface area (Å²) in [6.07, 6.45) is 0. The van der Waals surface area contributed by atoms with Gasteiger partial charge >= 0.3 is 0 Å². The lowest BCUT2D eigenvalue weighted by atomic mass is 10.1. The van der Waals surface area contributed by atoms with Crippen LogP contribution in [0.2, 0.25) is 0 Å². The van der Waals surface area contributed by atoms with Gasteiger partial charge in [-0.25, -0.2) is 0 Å². The van der Waals surface area contributed by atoms with E-state index in [0.717, 1.165) is 5.56 Å². The summed E-state index contributed by atoms with van der Waals surface area (Å²) < 4.78 is 16.2. The number of thioether (sulfide) groups is 1. The van der Waals surface area contributed by atoms with E-state index in [2.05, 4.69) is 10.5 Å². The Morgan fingerprint density at radius 1 is 1.25 bits per heavy atom. The molecule has 9 heteroatoms. The number of para-hydroxylation sites is 1. The van der Waals surface area contributed by atoms with E-state index in [-0.39, 0.29) is 23.3 Å². The molecule has 1 aliphatic heterocycles. The number of aryl methyl sites for hydroxylation is 1. The average molecular weight is 405 g/mol. The van der Waals surface area contributed by atoms with Crippen LogP contribution in [-0.2, 0) is 16.1 Å². The summed E-state index contributed by atoms with van der Waals surface area (Å²) in [7, 11) is 0. The number of carbonyl (C=O) groups excluding carboxylic acids is 2. The lowest BCUT2D eigenvalue weighted by Crippen LogP contribution is -2.32. The van der Waals surface area contributed by atoms with Crippen LogP contribution in [-0.4, -0.2) is 53.1 Å². The van der Waals surface area contributed by atoms with E-state index >= 15 is 0 Å². The van der Waals surface area contributed by atoms with Crippen molar-refractivity contribution in [1.82, 2.24) is 10.1 Å². The second-order valence-electron chi connectivity index (χ2n) is 6.21.